The quantitative estimate of drug-likeness (QED) is 0.747. The summed E-state index contributed by atoms with van der Waals surface area (Å²) in [6.45, 7) is -1.52. The molecule has 0 spiro atoms. The third kappa shape index (κ3) is 6.15. The SMILES string of the molecule is CC(=O)Nc1ccc(Br)cc1NC(=O)Cc1ccc(OC(F)F)cc1. The highest BCUT2D eigenvalue weighted by Gasteiger charge is 2.10. The predicted molar refractivity (Wildman–Crippen MR) is 93.9 cm³/mol. The minimum Gasteiger partial charge on any atom is -0.435 e. The van der Waals surface area contributed by atoms with Gasteiger partial charge in [0.2, 0.25) is 11.8 Å². The van der Waals surface area contributed by atoms with Gasteiger partial charge >= 0.3 is 6.61 Å². The number of alkyl halides is 2. The van der Waals surface area contributed by atoms with Gasteiger partial charge in [0.1, 0.15) is 5.75 Å². The summed E-state index contributed by atoms with van der Waals surface area (Å²) < 4.78 is 29.2. The number of carbonyl (C=O) groups excluding carboxylic acids is 2. The molecule has 0 aliphatic carbocycles. The third-order valence-corrected chi connectivity index (χ3v) is 3.57. The molecule has 8 heteroatoms. The highest BCUT2D eigenvalue weighted by atomic mass is 79.9. The van der Waals surface area contributed by atoms with Crippen molar-refractivity contribution in [1.29, 1.82) is 0 Å². The lowest BCUT2D eigenvalue weighted by Crippen LogP contribution is -2.17. The fourth-order valence-corrected chi connectivity index (χ4v) is 2.45. The average molecular weight is 413 g/mol. The van der Waals surface area contributed by atoms with Gasteiger partial charge in [-0.3, -0.25) is 9.59 Å². The topological polar surface area (TPSA) is 67.4 Å². The molecule has 2 N–H and O–H groups in total. The van der Waals surface area contributed by atoms with Gasteiger partial charge in [-0.05, 0) is 35.9 Å². The van der Waals surface area contributed by atoms with E-state index < -0.39 is 6.61 Å². The molecule has 2 aromatic rings. The minimum atomic E-state index is -2.89. The van der Waals surface area contributed by atoms with Gasteiger partial charge in [-0.25, -0.2) is 0 Å². The number of carbonyl (C=O) groups is 2. The third-order valence-electron chi connectivity index (χ3n) is 3.08. The molecule has 0 saturated heterocycles. The number of halogens is 3. The largest absolute Gasteiger partial charge is 0.435 e. The number of hydrogen-bond acceptors (Lipinski definition) is 3. The maximum atomic E-state index is 12.2. The fraction of sp³-hybridized carbons (Fsp3) is 0.176. The second-order valence-electron chi connectivity index (χ2n) is 5.12. The number of hydrogen-bond donors (Lipinski definition) is 2. The van der Waals surface area contributed by atoms with Crippen LogP contribution in [0.15, 0.2) is 46.9 Å². The second-order valence-corrected chi connectivity index (χ2v) is 6.03. The fourth-order valence-electron chi connectivity index (χ4n) is 2.09. The Labute approximate surface area is 151 Å². The van der Waals surface area contributed by atoms with Crippen LogP contribution >= 0.6 is 15.9 Å². The van der Waals surface area contributed by atoms with E-state index >= 15 is 0 Å². The Morgan fingerprint density at radius 1 is 1.08 bits per heavy atom. The number of rotatable bonds is 6. The van der Waals surface area contributed by atoms with Crippen molar-refractivity contribution in [3.05, 3.63) is 52.5 Å². The van der Waals surface area contributed by atoms with E-state index in [9.17, 15) is 18.4 Å². The zero-order valence-corrected chi connectivity index (χ0v) is 14.8. The van der Waals surface area contributed by atoms with E-state index in [-0.39, 0.29) is 24.0 Å². The average Bonchev–Trinajstić information content (AvgIpc) is 2.51. The molecule has 0 fully saturated rings. The first-order valence-corrected chi connectivity index (χ1v) is 8.03. The van der Waals surface area contributed by atoms with Gasteiger partial charge in [-0.2, -0.15) is 8.78 Å². The Hall–Kier alpha value is -2.48. The zero-order valence-electron chi connectivity index (χ0n) is 13.2. The van der Waals surface area contributed by atoms with Crippen molar-refractivity contribution >= 4 is 39.1 Å². The van der Waals surface area contributed by atoms with Crippen molar-refractivity contribution in [3.8, 4) is 5.75 Å². The van der Waals surface area contributed by atoms with Crippen molar-refractivity contribution in [2.75, 3.05) is 10.6 Å². The first kappa shape index (κ1) is 18.9. The van der Waals surface area contributed by atoms with E-state index in [2.05, 4.69) is 31.3 Å². The second kappa shape index (κ2) is 8.57. The van der Waals surface area contributed by atoms with Crippen LogP contribution in [0.4, 0.5) is 20.2 Å². The van der Waals surface area contributed by atoms with Crippen LogP contribution in [0.2, 0.25) is 0 Å². The Kier molecular flexibility index (Phi) is 6.46. The molecule has 2 aromatic carbocycles. The summed E-state index contributed by atoms with van der Waals surface area (Å²) >= 11 is 3.31. The van der Waals surface area contributed by atoms with E-state index in [4.69, 9.17) is 0 Å². The summed E-state index contributed by atoms with van der Waals surface area (Å²) in [6, 6.07) is 10.9. The molecule has 0 saturated carbocycles. The van der Waals surface area contributed by atoms with Gasteiger partial charge in [-0.15, -0.1) is 0 Å². The van der Waals surface area contributed by atoms with Crippen LogP contribution in [0.3, 0.4) is 0 Å². The Balaban J connectivity index is 2.05. The van der Waals surface area contributed by atoms with E-state index in [0.717, 1.165) is 4.47 Å². The Morgan fingerprint density at radius 2 is 1.76 bits per heavy atom. The van der Waals surface area contributed by atoms with Crippen molar-refractivity contribution in [2.24, 2.45) is 0 Å². The minimum absolute atomic E-state index is 0.0269. The first-order chi connectivity index (χ1) is 11.8. The van der Waals surface area contributed by atoms with Crippen LogP contribution in [0.1, 0.15) is 12.5 Å². The van der Waals surface area contributed by atoms with Crippen LogP contribution < -0.4 is 15.4 Å². The lowest BCUT2D eigenvalue weighted by atomic mass is 10.1. The molecule has 2 amide bonds. The van der Waals surface area contributed by atoms with E-state index in [0.29, 0.717) is 16.9 Å². The molecule has 0 heterocycles. The molecule has 0 bridgehead atoms. The lowest BCUT2D eigenvalue weighted by molar-refractivity contribution is -0.116. The van der Waals surface area contributed by atoms with Crippen molar-refractivity contribution in [1.82, 2.24) is 0 Å². The van der Waals surface area contributed by atoms with Crippen LogP contribution in [0, 0.1) is 0 Å². The van der Waals surface area contributed by atoms with Gasteiger partial charge in [-0.1, -0.05) is 28.1 Å². The summed E-state index contributed by atoms with van der Waals surface area (Å²) in [5.41, 5.74) is 1.56. The zero-order chi connectivity index (χ0) is 18.4. The first-order valence-electron chi connectivity index (χ1n) is 7.24. The molecular formula is C17H15BrF2N2O3. The molecule has 0 atom stereocenters. The van der Waals surface area contributed by atoms with Gasteiger partial charge < -0.3 is 15.4 Å². The van der Waals surface area contributed by atoms with E-state index in [1.165, 1.54) is 31.2 Å². The standard InChI is InChI=1S/C17H15BrF2N2O3/c1-10(23)21-14-7-4-12(18)9-15(14)22-16(24)8-11-2-5-13(6-3-11)25-17(19)20/h2-7,9,17H,8H2,1H3,(H,21,23)(H,22,24). The predicted octanol–water partition coefficient (Wildman–Crippen LogP) is 4.19. The molecule has 0 radical (unpaired) electrons. The van der Waals surface area contributed by atoms with Crippen LogP contribution in [0.5, 0.6) is 5.75 Å². The van der Waals surface area contributed by atoms with Crippen molar-refractivity contribution < 1.29 is 23.1 Å². The molecule has 0 aromatic heterocycles. The highest BCUT2D eigenvalue weighted by molar-refractivity contribution is 9.10. The van der Waals surface area contributed by atoms with Gasteiger partial charge in [0.15, 0.2) is 0 Å². The number of amides is 2. The Morgan fingerprint density at radius 3 is 2.36 bits per heavy atom. The monoisotopic (exact) mass is 412 g/mol. The van der Waals surface area contributed by atoms with Crippen LogP contribution in [-0.2, 0) is 16.0 Å². The van der Waals surface area contributed by atoms with Crippen molar-refractivity contribution in [2.45, 2.75) is 20.0 Å². The molecule has 132 valence electrons. The summed E-state index contributed by atoms with van der Waals surface area (Å²) in [7, 11) is 0. The van der Waals surface area contributed by atoms with Gasteiger partial charge in [0, 0.05) is 11.4 Å². The van der Waals surface area contributed by atoms with Gasteiger partial charge in [0.25, 0.3) is 0 Å². The molecule has 5 nitrogen and oxygen atoms in total. The maximum Gasteiger partial charge on any atom is 0.387 e. The van der Waals surface area contributed by atoms with Gasteiger partial charge in [0.05, 0.1) is 17.8 Å². The molecule has 0 aliphatic rings. The van der Waals surface area contributed by atoms with Crippen LogP contribution in [-0.4, -0.2) is 18.4 Å². The number of nitrogens with one attached hydrogen (secondary N) is 2. The maximum absolute atomic E-state index is 12.2. The smallest absolute Gasteiger partial charge is 0.387 e. The molecule has 0 unspecified atom stereocenters. The van der Waals surface area contributed by atoms with E-state index in [1.807, 2.05) is 0 Å². The summed E-state index contributed by atoms with van der Waals surface area (Å²) in [4.78, 5) is 23.4. The molecule has 0 aliphatic heterocycles. The Bertz CT molecular complexity index is 767. The van der Waals surface area contributed by atoms with Crippen molar-refractivity contribution in [3.63, 3.8) is 0 Å². The molecule has 25 heavy (non-hydrogen) atoms. The molecule has 2 rings (SSSR count). The molecular weight excluding hydrogens is 398 g/mol. The normalized spacial score (nSPS) is 10.4. The summed E-state index contributed by atoms with van der Waals surface area (Å²) in [5, 5.41) is 5.35. The summed E-state index contributed by atoms with van der Waals surface area (Å²) in [6.07, 6.45) is 0.0426. The van der Waals surface area contributed by atoms with E-state index in [1.54, 1.807) is 18.2 Å². The lowest BCUT2D eigenvalue weighted by Gasteiger charge is -2.12. The van der Waals surface area contributed by atoms with Crippen LogP contribution in [0.25, 0.3) is 0 Å². The number of anilines is 2. The highest BCUT2D eigenvalue weighted by Crippen LogP contribution is 2.26. The summed E-state index contributed by atoms with van der Waals surface area (Å²) in [5.74, 6) is -0.543. The number of benzene rings is 2. The number of ether oxygens (including phenoxy) is 1.